The summed E-state index contributed by atoms with van der Waals surface area (Å²) in [5, 5.41) is 3.06. The predicted octanol–water partition coefficient (Wildman–Crippen LogP) is 4.00. The van der Waals surface area contributed by atoms with E-state index in [1.807, 2.05) is 19.1 Å². The van der Waals surface area contributed by atoms with E-state index in [-0.39, 0.29) is 23.9 Å². The molecule has 0 aliphatic rings. The van der Waals surface area contributed by atoms with Crippen LogP contribution < -0.4 is 5.32 Å². The summed E-state index contributed by atoms with van der Waals surface area (Å²) in [6, 6.07) is 7.09. The Hall–Kier alpha value is -2.47. The maximum atomic E-state index is 12.4. The van der Waals surface area contributed by atoms with Crippen molar-refractivity contribution in [1.82, 2.24) is 0 Å². The molecule has 2 rings (SSSR count). The zero-order chi connectivity index (χ0) is 17.9. The number of hydrogen-bond acceptors (Lipinski definition) is 5. The van der Waals surface area contributed by atoms with Gasteiger partial charge in [0.05, 0.1) is 17.0 Å². The number of benzene rings is 1. The zero-order valence-electron chi connectivity index (χ0n) is 14.1. The minimum Gasteiger partial charge on any atom is -0.462 e. The molecule has 0 saturated heterocycles. The quantitative estimate of drug-likeness (QED) is 0.657. The fourth-order valence-electron chi connectivity index (χ4n) is 2.27. The van der Waals surface area contributed by atoms with Gasteiger partial charge in [0.15, 0.2) is 5.78 Å². The number of anilines is 1. The van der Waals surface area contributed by atoms with Crippen molar-refractivity contribution < 1.29 is 19.1 Å². The lowest BCUT2D eigenvalue weighted by molar-refractivity contribution is 0.0527. The third kappa shape index (κ3) is 3.71. The molecule has 1 N–H and O–H groups in total. The minimum absolute atomic E-state index is 0.154. The van der Waals surface area contributed by atoms with Gasteiger partial charge in [-0.1, -0.05) is 17.7 Å². The second kappa shape index (κ2) is 7.40. The lowest BCUT2D eigenvalue weighted by atomic mass is 10.1. The number of aryl methyl sites for hydroxylation is 1. The number of ether oxygens (including phenoxy) is 1. The molecule has 0 aliphatic carbocycles. The molecular weight excluding hydrogens is 326 g/mol. The number of thiophene rings is 1. The molecule has 0 fully saturated rings. The van der Waals surface area contributed by atoms with Crippen molar-refractivity contribution in [1.29, 1.82) is 0 Å². The molecule has 1 heterocycles. The van der Waals surface area contributed by atoms with E-state index in [0.29, 0.717) is 21.0 Å². The van der Waals surface area contributed by atoms with E-state index in [4.69, 9.17) is 4.74 Å². The molecule has 5 nitrogen and oxygen atoms in total. The van der Waals surface area contributed by atoms with Crippen LogP contribution in [0.25, 0.3) is 0 Å². The number of nitrogens with one attached hydrogen (secondary N) is 1. The molecule has 0 spiro atoms. The van der Waals surface area contributed by atoms with Gasteiger partial charge >= 0.3 is 5.97 Å². The molecule has 24 heavy (non-hydrogen) atoms. The van der Waals surface area contributed by atoms with Crippen molar-refractivity contribution in [3.05, 3.63) is 51.4 Å². The summed E-state index contributed by atoms with van der Waals surface area (Å²) >= 11 is 1.09. The fourth-order valence-corrected chi connectivity index (χ4v) is 3.35. The second-order valence-corrected chi connectivity index (χ2v) is 6.38. The third-order valence-corrected chi connectivity index (χ3v) is 4.79. The van der Waals surface area contributed by atoms with Gasteiger partial charge in [0.25, 0.3) is 5.91 Å². The molecular formula is C18H19NO4S. The van der Waals surface area contributed by atoms with Gasteiger partial charge in [-0.2, -0.15) is 0 Å². The zero-order valence-corrected chi connectivity index (χ0v) is 14.9. The molecule has 1 amide bonds. The molecule has 6 heteroatoms. The number of Topliss-reactive ketones (excluding diaryl/α,β-unsaturated/α-hetero) is 1. The first-order chi connectivity index (χ1) is 11.3. The smallest absolute Gasteiger partial charge is 0.341 e. The first kappa shape index (κ1) is 17.9. The Balaban J connectivity index is 2.39. The molecule has 1 aromatic heterocycles. The van der Waals surface area contributed by atoms with Crippen LogP contribution in [-0.2, 0) is 4.74 Å². The molecule has 0 unspecified atom stereocenters. The lowest BCUT2D eigenvalue weighted by Gasteiger charge is -2.07. The van der Waals surface area contributed by atoms with Crippen LogP contribution in [0, 0.1) is 13.8 Å². The van der Waals surface area contributed by atoms with Gasteiger partial charge in [-0.25, -0.2) is 4.79 Å². The highest BCUT2D eigenvalue weighted by Gasteiger charge is 2.25. The van der Waals surface area contributed by atoms with Crippen molar-refractivity contribution in [3.8, 4) is 0 Å². The van der Waals surface area contributed by atoms with Crippen molar-refractivity contribution in [2.75, 3.05) is 11.9 Å². The predicted molar refractivity (Wildman–Crippen MR) is 94.1 cm³/mol. The Kier molecular flexibility index (Phi) is 5.51. The summed E-state index contributed by atoms with van der Waals surface area (Å²) in [7, 11) is 0. The van der Waals surface area contributed by atoms with Crippen molar-refractivity contribution in [3.63, 3.8) is 0 Å². The van der Waals surface area contributed by atoms with E-state index in [2.05, 4.69) is 5.32 Å². The first-order valence-electron chi connectivity index (χ1n) is 7.54. The molecule has 2 aromatic rings. The summed E-state index contributed by atoms with van der Waals surface area (Å²) in [5.41, 5.74) is 2.30. The van der Waals surface area contributed by atoms with Gasteiger partial charge in [0, 0.05) is 5.56 Å². The van der Waals surface area contributed by atoms with Crippen molar-refractivity contribution in [2.24, 2.45) is 0 Å². The maximum Gasteiger partial charge on any atom is 0.341 e. The van der Waals surface area contributed by atoms with E-state index in [1.54, 1.807) is 26.0 Å². The van der Waals surface area contributed by atoms with E-state index in [9.17, 15) is 14.4 Å². The lowest BCUT2D eigenvalue weighted by Crippen LogP contribution is -2.14. The molecule has 0 atom stereocenters. The number of carbonyl (C=O) groups excluding carboxylic acids is 3. The van der Waals surface area contributed by atoms with Crippen LogP contribution in [0.2, 0.25) is 0 Å². The number of esters is 1. The highest BCUT2D eigenvalue weighted by atomic mass is 32.1. The van der Waals surface area contributed by atoms with E-state index >= 15 is 0 Å². The van der Waals surface area contributed by atoms with Crippen LogP contribution in [0.4, 0.5) is 5.00 Å². The SMILES string of the molecule is CCOC(=O)c1c(NC(=O)c2ccc(C)cc2)sc(C(C)=O)c1C. The van der Waals surface area contributed by atoms with Crippen LogP contribution in [0.15, 0.2) is 24.3 Å². The molecule has 1 aromatic carbocycles. The highest BCUT2D eigenvalue weighted by molar-refractivity contribution is 7.18. The summed E-state index contributed by atoms with van der Waals surface area (Å²) < 4.78 is 5.05. The van der Waals surface area contributed by atoms with Crippen LogP contribution in [0.5, 0.6) is 0 Å². The number of amides is 1. The Bertz CT molecular complexity index is 790. The van der Waals surface area contributed by atoms with Gasteiger partial charge in [-0.15, -0.1) is 11.3 Å². The van der Waals surface area contributed by atoms with Gasteiger partial charge in [-0.05, 0) is 45.4 Å². The van der Waals surface area contributed by atoms with Crippen LogP contribution in [0.1, 0.15) is 55.4 Å². The Morgan fingerprint density at radius 2 is 1.75 bits per heavy atom. The standard InChI is InChI=1S/C18H19NO4S/c1-5-23-18(22)14-11(3)15(12(4)20)24-17(14)19-16(21)13-8-6-10(2)7-9-13/h6-9H,5H2,1-4H3,(H,19,21). The first-order valence-corrected chi connectivity index (χ1v) is 8.36. The second-order valence-electron chi connectivity index (χ2n) is 5.36. The summed E-state index contributed by atoms with van der Waals surface area (Å²) in [5.74, 6) is -1.03. The molecule has 0 saturated carbocycles. The van der Waals surface area contributed by atoms with Gasteiger partial charge in [-0.3, -0.25) is 9.59 Å². The van der Waals surface area contributed by atoms with Gasteiger partial charge in [0.2, 0.25) is 0 Å². The largest absolute Gasteiger partial charge is 0.462 e. The number of carbonyl (C=O) groups is 3. The third-order valence-electron chi connectivity index (χ3n) is 3.49. The van der Waals surface area contributed by atoms with E-state index < -0.39 is 5.97 Å². The summed E-state index contributed by atoms with van der Waals surface area (Å²) in [6.07, 6.45) is 0. The Morgan fingerprint density at radius 3 is 2.29 bits per heavy atom. The molecule has 0 radical (unpaired) electrons. The number of hydrogen-bond donors (Lipinski definition) is 1. The maximum absolute atomic E-state index is 12.4. The average Bonchev–Trinajstić information content (AvgIpc) is 2.84. The topological polar surface area (TPSA) is 72.5 Å². The van der Waals surface area contributed by atoms with Crippen molar-refractivity contribution >= 4 is 34.0 Å². The molecule has 0 bridgehead atoms. The monoisotopic (exact) mass is 345 g/mol. The number of ketones is 1. The normalized spacial score (nSPS) is 10.3. The molecule has 0 aliphatic heterocycles. The van der Waals surface area contributed by atoms with Crippen molar-refractivity contribution in [2.45, 2.75) is 27.7 Å². The summed E-state index contributed by atoms with van der Waals surface area (Å²) in [6.45, 7) is 6.97. The average molecular weight is 345 g/mol. The van der Waals surface area contributed by atoms with Gasteiger partial charge in [0.1, 0.15) is 5.00 Å². The van der Waals surface area contributed by atoms with E-state index in [1.165, 1.54) is 6.92 Å². The van der Waals surface area contributed by atoms with E-state index in [0.717, 1.165) is 16.9 Å². The van der Waals surface area contributed by atoms with Crippen LogP contribution in [-0.4, -0.2) is 24.3 Å². The van der Waals surface area contributed by atoms with Crippen LogP contribution in [0.3, 0.4) is 0 Å². The van der Waals surface area contributed by atoms with Crippen LogP contribution >= 0.6 is 11.3 Å². The molecule has 126 valence electrons. The Labute approximate surface area is 144 Å². The fraction of sp³-hybridized carbons (Fsp3) is 0.278. The number of rotatable bonds is 5. The minimum atomic E-state index is -0.544. The highest BCUT2D eigenvalue weighted by Crippen LogP contribution is 2.34. The Morgan fingerprint density at radius 1 is 1.12 bits per heavy atom. The summed E-state index contributed by atoms with van der Waals surface area (Å²) in [4.78, 5) is 36.8. The van der Waals surface area contributed by atoms with Gasteiger partial charge < -0.3 is 10.1 Å².